The van der Waals surface area contributed by atoms with Gasteiger partial charge in [0.1, 0.15) is 11.5 Å². The van der Waals surface area contributed by atoms with Crippen molar-refractivity contribution in [1.82, 2.24) is 9.36 Å². The maximum Gasteiger partial charge on any atom is 0.335 e. The zero-order valence-electron chi connectivity index (χ0n) is 16.4. The first-order valence-electron chi connectivity index (χ1n) is 9.27. The minimum absolute atomic E-state index is 0.210. The molecule has 2 aromatic carbocycles. The van der Waals surface area contributed by atoms with Crippen LogP contribution in [0.15, 0.2) is 80.9 Å². The van der Waals surface area contributed by atoms with Crippen molar-refractivity contribution in [3.8, 4) is 17.0 Å². The number of nitrogens with zero attached hydrogens (tertiary/aromatic N) is 3. The lowest BCUT2D eigenvalue weighted by atomic mass is 10.1. The molecular formula is C23H19N3O4. The monoisotopic (exact) mass is 401 g/mol. The maximum absolute atomic E-state index is 12.9. The molecule has 4 aromatic rings. The fourth-order valence-electron chi connectivity index (χ4n) is 3.19. The molecule has 2 heterocycles. The molecule has 0 saturated heterocycles. The zero-order valence-corrected chi connectivity index (χ0v) is 16.4. The molecule has 2 aromatic heterocycles. The van der Waals surface area contributed by atoms with Crippen LogP contribution in [0.3, 0.4) is 0 Å². The third-order valence-corrected chi connectivity index (χ3v) is 4.89. The fraction of sp³-hybridized carbons (Fsp3) is 0.0870. The van der Waals surface area contributed by atoms with Gasteiger partial charge < -0.3 is 9.52 Å². The highest BCUT2D eigenvalue weighted by Crippen LogP contribution is 2.23. The first-order chi connectivity index (χ1) is 14.5. The summed E-state index contributed by atoms with van der Waals surface area (Å²) in [4.78, 5) is 28.2. The second kappa shape index (κ2) is 7.71. The van der Waals surface area contributed by atoms with Crippen LogP contribution in [-0.2, 0) is 7.05 Å². The van der Waals surface area contributed by atoms with Gasteiger partial charge in [0.2, 0.25) is 0 Å². The second-order valence-electron chi connectivity index (χ2n) is 6.75. The quantitative estimate of drug-likeness (QED) is 0.508. The van der Waals surface area contributed by atoms with Gasteiger partial charge in [0.25, 0.3) is 5.56 Å². The summed E-state index contributed by atoms with van der Waals surface area (Å²) in [7, 11) is 1.81. The molecule has 7 heteroatoms. The van der Waals surface area contributed by atoms with Gasteiger partial charge in [-0.3, -0.25) is 9.48 Å². The van der Waals surface area contributed by atoms with Crippen molar-refractivity contribution < 1.29 is 14.3 Å². The molecule has 0 atom stereocenters. The van der Waals surface area contributed by atoms with E-state index in [0.717, 1.165) is 16.9 Å². The van der Waals surface area contributed by atoms with Crippen molar-refractivity contribution in [2.45, 2.75) is 6.92 Å². The number of carboxylic acid groups (broad SMARTS) is 1. The number of benzene rings is 2. The van der Waals surface area contributed by atoms with Gasteiger partial charge >= 0.3 is 5.97 Å². The predicted octanol–water partition coefficient (Wildman–Crippen LogP) is 4.19. The van der Waals surface area contributed by atoms with Crippen LogP contribution in [-0.4, -0.2) is 26.7 Å². The summed E-state index contributed by atoms with van der Waals surface area (Å²) in [6, 6.07) is 19.3. The standard InChI is InChI=1S/C23H19N3O4/c1-15-21(22(27)26(25(15)2)18-6-4-3-5-7-18)24-14-19-12-13-20(30-19)16-8-10-17(11-9-16)23(28)29/h3-14H,1-2H3,(H,28,29). The highest BCUT2D eigenvalue weighted by atomic mass is 16.4. The van der Waals surface area contributed by atoms with E-state index in [2.05, 4.69) is 4.99 Å². The van der Waals surface area contributed by atoms with E-state index in [9.17, 15) is 9.59 Å². The Kier molecular flexibility index (Phi) is 4.93. The molecule has 0 radical (unpaired) electrons. The molecule has 0 spiro atoms. The highest BCUT2D eigenvalue weighted by Gasteiger charge is 2.15. The summed E-state index contributed by atoms with van der Waals surface area (Å²) in [5.41, 5.74) is 2.58. The molecule has 0 fully saturated rings. The molecule has 7 nitrogen and oxygen atoms in total. The maximum atomic E-state index is 12.9. The molecule has 0 aliphatic rings. The first-order valence-corrected chi connectivity index (χ1v) is 9.27. The molecular weight excluding hydrogens is 382 g/mol. The van der Waals surface area contributed by atoms with Crippen LogP contribution < -0.4 is 5.56 Å². The lowest BCUT2D eigenvalue weighted by Crippen LogP contribution is -2.19. The van der Waals surface area contributed by atoms with Crippen LogP contribution in [0.4, 0.5) is 5.69 Å². The van der Waals surface area contributed by atoms with Gasteiger partial charge in [-0.2, -0.15) is 0 Å². The Morgan fingerprint density at radius 3 is 2.40 bits per heavy atom. The Hall–Kier alpha value is -4.13. The Bertz CT molecular complexity index is 1290. The SMILES string of the molecule is Cc1c(N=Cc2ccc(-c3ccc(C(=O)O)cc3)o2)c(=O)n(-c2ccccc2)n1C. The smallest absolute Gasteiger partial charge is 0.335 e. The lowest BCUT2D eigenvalue weighted by molar-refractivity contribution is 0.0697. The third-order valence-electron chi connectivity index (χ3n) is 4.89. The third kappa shape index (κ3) is 3.48. The molecule has 0 amide bonds. The molecule has 30 heavy (non-hydrogen) atoms. The largest absolute Gasteiger partial charge is 0.478 e. The zero-order chi connectivity index (χ0) is 21.3. The Morgan fingerprint density at radius 2 is 1.73 bits per heavy atom. The molecule has 0 bridgehead atoms. The minimum atomic E-state index is -0.979. The van der Waals surface area contributed by atoms with Crippen LogP contribution in [0, 0.1) is 6.92 Å². The molecule has 0 aliphatic heterocycles. The molecule has 1 N–H and O–H groups in total. The van der Waals surface area contributed by atoms with E-state index in [1.54, 1.807) is 33.6 Å². The molecule has 4 rings (SSSR count). The average molecular weight is 401 g/mol. The lowest BCUT2D eigenvalue weighted by Gasteiger charge is -2.07. The van der Waals surface area contributed by atoms with Crippen LogP contribution in [0.1, 0.15) is 21.8 Å². The van der Waals surface area contributed by atoms with Gasteiger partial charge in [-0.1, -0.05) is 30.3 Å². The number of aromatic carboxylic acids is 1. The molecule has 0 saturated carbocycles. The summed E-state index contributed by atoms with van der Waals surface area (Å²) in [6.45, 7) is 1.84. The number of carbonyl (C=O) groups is 1. The van der Waals surface area contributed by atoms with Crippen LogP contribution >= 0.6 is 0 Å². The van der Waals surface area contributed by atoms with Crippen molar-refractivity contribution in [2.24, 2.45) is 12.0 Å². The van der Waals surface area contributed by atoms with Crippen LogP contribution in [0.2, 0.25) is 0 Å². The van der Waals surface area contributed by atoms with Gasteiger partial charge in [-0.15, -0.1) is 0 Å². The average Bonchev–Trinajstić information content (AvgIpc) is 3.31. The van der Waals surface area contributed by atoms with Crippen molar-refractivity contribution in [3.63, 3.8) is 0 Å². The van der Waals surface area contributed by atoms with Crippen molar-refractivity contribution in [2.75, 3.05) is 0 Å². The van der Waals surface area contributed by atoms with Gasteiger partial charge in [-0.05, 0) is 43.3 Å². The van der Waals surface area contributed by atoms with E-state index < -0.39 is 5.97 Å². The molecule has 150 valence electrons. The number of para-hydroxylation sites is 1. The number of furan rings is 1. The molecule has 0 aliphatic carbocycles. The van der Waals surface area contributed by atoms with Crippen molar-refractivity contribution in [1.29, 1.82) is 0 Å². The van der Waals surface area contributed by atoms with Gasteiger partial charge in [0, 0.05) is 12.6 Å². The van der Waals surface area contributed by atoms with E-state index in [4.69, 9.17) is 9.52 Å². The Balaban J connectivity index is 1.63. The summed E-state index contributed by atoms with van der Waals surface area (Å²) < 4.78 is 9.12. The van der Waals surface area contributed by atoms with E-state index in [1.165, 1.54) is 18.3 Å². The van der Waals surface area contributed by atoms with Crippen LogP contribution in [0.5, 0.6) is 0 Å². The summed E-state index contributed by atoms with van der Waals surface area (Å²) in [5.74, 6) is 0.0919. The second-order valence-corrected chi connectivity index (χ2v) is 6.75. The fourth-order valence-corrected chi connectivity index (χ4v) is 3.19. The minimum Gasteiger partial charge on any atom is -0.478 e. The Labute approximate surface area is 172 Å². The number of hydrogen-bond donors (Lipinski definition) is 1. The number of rotatable bonds is 5. The van der Waals surface area contributed by atoms with Gasteiger partial charge in [-0.25, -0.2) is 14.5 Å². The first kappa shape index (κ1) is 19.2. The number of carboxylic acids is 1. The Morgan fingerprint density at radius 1 is 1.03 bits per heavy atom. The van der Waals surface area contributed by atoms with Crippen LogP contribution in [0.25, 0.3) is 17.0 Å². The number of aliphatic imine (C=N–C) groups is 1. The topological polar surface area (TPSA) is 89.7 Å². The van der Waals surface area contributed by atoms with Crippen molar-refractivity contribution in [3.05, 3.63) is 94.1 Å². The van der Waals surface area contributed by atoms with E-state index >= 15 is 0 Å². The van der Waals surface area contributed by atoms with Crippen molar-refractivity contribution >= 4 is 17.9 Å². The van der Waals surface area contributed by atoms with Gasteiger partial charge in [0.05, 0.1) is 23.2 Å². The number of aromatic nitrogens is 2. The normalized spacial score (nSPS) is 11.3. The highest BCUT2D eigenvalue weighted by molar-refractivity contribution is 5.88. The van der Waals surface area contributed by atoms with E-state index in [0.29, 0.717) is 17.2 Å². The van der Waals surface area contributed by atoms with E-state index in [-0.39, 0.29) is 11.1 Å². The summed E-state index contributed by atoms with van der Waals surface area (Å²) in [5, 5.41) is 9.00. The van der Waals surface area contributed by atoms with E-state index in [1.807, 2.05) is 44.3 Å². The predicted molar refractivity (Wildman–Crippen MR) is 114 cm³/mol. The summed E-state index contributed by atoms with van der Waals surface area (Å²) in [6.07, 6.45) is 1.51. The number of hydrogen-bond acceptors (Lipinski definition) is 4. The van der Waals surface area contributed by atoms with Gasteiger partial charge in [0.15, 0.2) is 5.69 Å². The summed E-state index contributed by atoms with van der Waals surface area (Å²) >= 11 is 0. The molecule has 0 unspecified atom stereocenters.